The van der Waals surface area contributed by atoms with Crippen molar-refractivity contribution < 1.29 is 4.39 Å². The lowest BCUT2D eigenvalue weighted by Crippen LogP contribution is -2.20. The van der Waals surface area contributed by atoms with Gasteiger partial charge < -0.3 is 10.2 Å². The van der Waals surface area contributed by atoms with Gasteiger partial charge >= 0.3 is 0 Å². The molecule has 0 aliphatic carbocycles. The summed E-state index contributed by atoms with van der Waals surface area (Å²) in [6, 6.07) is 6.48. The SMILES string of the molecule is CCNCc1cnc(N(CC)c2cccc(F)c2)nc1C. The molecule has 0 radical (unpaired) electrons. The number of rotatable bonds is 6. The molecular weight excluding hydrogens is 267 g/mol. The molecule has 1 aromatic heterocycles. The number of aryl methyl sites for hydroxylation is 1. The van der Waals surface area contributed by atoms with Crippen LogP contribution in [0.4, 0.5) is 16.0 Å². The van der Waals surface area contributed by atoms with Crippen LogP contribution >= 0.6 is 0 Å². The first-order valence-corrected chi connectivity index (χ1v) is 7.22. The van der Waals surface area contributed by atoms with Crippen molar-refractivity contribution in [3.05, 3.63) is 47.5 Å². The fourth-order valence-corrected chi connectivity index (χ4v) is 2.13. The van der Waals surface area contributed by atoms with Crippen LogP contribution in [0.1, 0.15) is 25.1 Å². The number of anilines is 2. The Bertz CT molecular complexity index is 601. The monoisotopic (exact) mass is 288 g/mol. The van der Waals surface area contributed by atoms with Gasteiger partial charge in [0.2, 0.25) is 5.95 Å². The van der Waals surface area contributed by atoms with Crippen LogP contribution in [0.25, 0.3) is 0 Å². The number of nitrogens with one attached hydrogen (secondary N) is 1. The zero-order valence-electron chi connectivity index (χ0n) is 12.7. The van der Waals surface area contributed by atoms with Gasteiger partial charge in [-0.2, -0.15) is 0 Å². The van der Waals surface area contributed by atoms with E-state index in [-0.39, 0.29) is 5.82 Å². The normalized spacial score (nSPS) is 10.7. The van der Waals surface area contributed by atoms with E-state index in [1.807, 2.05) is 31.0 Å². The highest BCUT2D eigenvalue weighted by Crippen LogP contribution is 2.23. The first-order valence-electron chi connectivity index (χ1n) is 7.22. The molecule has 0 amide bonds. The summed E-state index contributed by atoms with van der Waals surface area (Å²) in [7, 11) is 0. The Labute approximate surface area is 125 Å². The number of nitrogens with zero attached hydrogens (tertiary/aromatic N) is 3. The Balaban J connectivity index is 2.28. The lowest BCUT2D eigenvalue weighted by Gasteiger charge is -2.21. The van der Waals surface area contributed by atoms with Crippen LogP contribution < -0.4 is 10.2 Å². The van der Waals surface area contributed by atoms with Crippen molar-refractivity contribution in [1.82, 2.24) is 15.3 Å². The minimum absolute atomic E-state index is 0.258. The maximum atomic E-state index is 13.4. The number of benzene rings is 1. The van der Waals surface area contributed by atoms with Gasteiger partial charge in [0.25, 0.3) is 0 Å². The van der Waals surface area contributed by atoms with E-state index in [1.165, 1.54) is 12.1 Å². The Morgan fingerprint density at radius 2 is 2.10 bits per heavy atom. The zero-order chi connectivity index (χ0) is 15.2. The lowest BCUT2D eigenvalue weighted by molar-refractivity contribution is 0.627. The summed E-state index contributed by atoms with van der Waals surface area (Å²) in [5.41, 5.74) is 2.78. The highest BCUT2D eigenvalue weighted by atomic mass is 19.1. The predicted octanol–water partition coefficient (Wildman–Crippen LogP) is 3.19. The fourth-order valence-electron chi connectivity index (χ4n) is 2.13. The quantitative estimate of drug-likeness (QED) is 0.886. The Morgan fingerprint density at radius 3 is 2.71 bits per heavy atom. The third kappa shape index (κ3) is 3.76. The Morgan fingerprint density at radius 1 is 1.29 bits per heavy atom. The van der Waals surface area contributed by atoms with Crippen molar-refractivity contribution in [3.8, 4) is 0 Å². The molecule has 0 bridgehead atoms. The first kappa shape index (κ1) is 15.4. The second kappa shape index (κ2) is 7.13. The van der Waals surface area contributed by atoms with Gasteiger partial charge in [-0.3, -0.25) is 0 Å². The summed E-state index contributed by atoms with van der Waals surface area (Å²) in [6.07, 6.45) is 1.84. The highest BCUT2D eigenvalue weighted by Gasteiger charge is 2.12. The molecule has 5 heteroatoms. The van der Waals surface area contributed by atoms with Gasteiger partial charge in [-0.1, -0.05) is 13.0 Å². The largest absolute Gasteiger partial charge is 0.313 e. The van der Waals surface area contributed by atoms with Gasteiger partial charge in [-0.05, 0) is 38.6 Å². The van der Waals surface area contributed by atoms with E-state index in [0.29, 0.717) is 12.5 Å². The minimum Gasteiger partial charge on any atom is -0.313 e. The summed E-state index contributed by atoms with van der Waals surface area (Å²) in [5.74, 6) is 0.340. The molecule has 2 rings (SSSR count). The van der Waals surface area contributed by atoms with Crippen molar-refractivity contribution in [2.45, 2.75) is 27.3 Å². The third-order valence-corrected chi connectivity index (χ3v) is 3.31. The minimum atomic E-state index is -0.258. The van der Waals surface area contributed by atoms with E-state index < -0.39 is 0 Å². The van der Waals surface area contributed by atoms with E-state index in [2.05, 4.69) is 22.2 Å². The van der Waals surface area contributed by atoms with Gasteiger partial charge in [0, 0.05) is 36.2 Å². The van der Waals surface area contributed by atoms with Crippen molar-refractivity contribution in [2.75, 3.05) is 18.0 Å². The Kier molecular flexibility index (Phi) is 5.22. The molecular formula is C16H21FN4. The first-order chi connectivity index (χ1) is 10.2. The average molecular weight is 288 g/mol. The smallest absolute Gasteiger partial charge is 0.230 e. The predicted molar refractivity (Wildman–Crippen MR) is 83.2 cm³/mol. The molecule has 0 aliphatic rings. The molecule has 1 aromatic carbocycles. The van der Waals surface area contributed by atoms with Crippen molar-refractivity contribution in [2.24, 2.45) is 0 Å². The molecule has 1 heterocycles. The van der Waals surface area contributed by atoms with Crippen molar-refractivity contribution in [1.29, 1.82) is 0 Å². The highest BCUT2D eigenvalue weighted by molar-refractivity contribution is 5.57. The van der Waals surface area contributed by atoms with Gasteiger partial charge in [-0.25, -0.2) is 14.4 Å². The van der Waals surface area contributed by atoms with Gasteiger partial charge in [0.1, 0.15) is 5.82 Å². The van der Waals surface area contributed by atoms with Crippen molar-refractivity contribution in [3.63, 3.8) is 0 Å². The second-order valence-corrected chi connectivity index (χ2v) is 4.79. The van der Waals surface area contributed by atoms with Gasteiger partial charge in [0.15, 0.2) is 0 Å². The van der Waals surface area contributed by atoms with Gasteiger partial charge in [0.05, 0.1) is 0 Å². The zero-order valence-corrected chi connectivity index (χ0v) is 12.7. The summed E-state index contributed by atoms with van der Waals surface area (Å²) in [6.45, 7) is 8.37. The molecule has 0 saturated carbocycles. The number of aromatic nitrogens is 2. The topological polar surface area (TPSA) is 41.1 Å². The molecule has 2 aromatic rings. The summed E-state index contributed by atoms with van der Waals surface area (Å²) in [4.78, 5) is 10.9. The van der Waals surface area contributed by atoms with Crippen LogP contribution in [0.3, 0.4) is 0 Å². The average Bonchev–Trinajstić information content (AvgIpc) is 2.47. The van der Waals surface area contributed by atoms with Crippen LogP contribution in [0.5, 0.6) is 0 Å². The van der Waals surface area contributed by atoms with Crippen molar-refractivity contribution >= 4 is 11.6 Å². The summed E-state index contributed by atoms with van der Waals surface area (Å²) >= 11 is 0. The van der Waals surface area contributed by atoms with Crippen LogP contribution in [0, 0.1) is 12.7 Å². The number of hydrogen-bond acceptors (Lipinski definition) is 4. The van der Waals surface area contributed by atoms with E-state index in [1.54, 1.807) is 6.07 Å². The third-order valence-electron chi connectivity index (χ3n) is 3.31. The van der Waals surface area contributed by atoms with Crippen LogP contribution in [-0.2, 0) is 6.54 Å². The second-order valence-electron chi connectivity index (χ2n) is 4.79. The summed E-state index contributed by atoms with van der Waals surface area (Å²) in [5, 5.41) is 3.26. The standard InChI is InChI=1S/C16H21FN4/c1-4-18-10-13-11-19-16(20-12(13)3)21(5-2)15-8-6-7-14(17)9-15/h6-9,11,18H,4-5,10H2,1-3H3. The van der Waals surface area contributed by atoms with Crippen LogP contribution in [0.2, 0.25) is 0 Å². The van der Waals surface area contributed by atoms with Crippen LogP contribution in [-0.4, -0.2) is 23.1 Å². The van der Waals surface area contributed by atoms with E-state index >= 15 is 0 Å². The molecule has 4 nitrogen and oxygen atoms in total. The molecule has 0 spiro atoms. The maximum absolute atomic E-state index is 13.4. The molecule has 112 valence electrons. The molecule has 0 unspecified atom stereocenters. The molecule has 0 saturated heterocycles. The van der Waals surface area contributed by atoms with Crippen LogP contribution in [0.15, 0.2) is 30.5 Å². The lowest BCUT2D eigenvalue weighted by atomic mass is 10.2. The molecule has 21 heavy (non-hydrogen) atoms. The molecule has 0 fully saturated rings. The van der Waals surface area contributed by atoms with E-state index in [4.69, 9.17) is 0 Å². The fraction of sp³-hybridized carbons (Fsp3) is 0.375. The molecule has 0 atom stereocenters. The molecule has 1 N–H and O–H groups in total. The summed E-state index contributed by atoms with van der Waals surface area (Å²) < 4.78 is 13.4. The van der Waals surface area contributed by atoms with E-state index in [9.17, 15) is 4.39 Å². The Hall–Kier alpha value is -2.01. The maximum Gasteiger partial charge on any atom is 0.230 e. The number of hydrogen-bond donors (Lipinski definition) is 1. The van der Waals surface area contributed by atoms with E-state index in [0.717, 1.165) is 30.0 Å². The number of halogens is 1. The molecule has 0 aliphatic heterocycles. The van der Waals surface area contributed by atoms with Gasteiger partial charge in [-0.15, -0.1) is 0 Å².